The van der Waals surface area contributed by atoms with E-state index < -0.39 is 0 Å². The molecule has 0 unspecified atom stereocenters. The number of hydrogen-bond donors (Lipinski definition) is 1. The predicted octanol–water partition coefficient (Wildman–Crippen LogP) is 2.02. The van der Waals surface area contributed by atoms with Gasteiger partial charge in [0.1, 0.15) is 5.82 Å². The zero-order valence-electron chi connectivity index (χ0n) is 8.01. The SMILES string of the molecule is CC1(Cc2nc(C3CC3)n[nH]2)CC1. The van der Waals surface area contributed by atoms with Crippen molar-refractivity contribution < 1.29 is 0 Å². The molecule has 1 aromatic heterocycles. The minimum absolute atomic E-state index is 0.542. The lowest BCUT2D eigenvalue weighted by atomic mass is 10.1. The van der Waals surface area contributed by atoms with E-state index in [9.17, 15) is 0 Å². The lowest BCUT2D eigenvalue weighted by Crippen LogP contribution is -2.00. The van der Waals surface area contributed by atoms with Gasteiger partial charge in [0, 0.05) is 12.3 Å². The summed E-state index contributed by atoms with van der Waals surface area (Å²) in [6.45, 7) is 2.33. The lowest BCUT2D eigenvalue weighted by Gasteiger charge is -2.02. The molecule has 2 aliphatic rings. The summed E-state index contributed by atoms with van der Waals surface area (Å²) in [5.41, 5.74) is 0.542. The van der Waals surface area contributed by atoms with Gasteiger partial charge < -0.3 is 0 Å². The summed E-state index contributed by atoms with van der Waals surface area (Å²) in [6.07, 6.45) is 6.37. The van der Waals surface area contributed by atoms with Gasteiger partial charge in [-0.1, -0.05) is 6.92 Å². The van der Waals surface area contributed by atoms with Gasteiger partial charge in [0.25, 0.3) is 0 Å². The van der Waals surface area contributed by atoms with E-state index in [1.165, 1.54) is 25.7 Å². The third kappa shape index (κ3) is 1.47. The molecule has 0 aliphatic heterocycles. The molecule has 1 aromatic rings. The molecule has 1 N–H and O–H groups in total. The summed E-state index contributed by atoms with van der Waals surface area (Å²) in [5, 5.41) is 7.32. The number of rotatable bonds is 3. The van der Waals surface area contributed by atoms with Crippen LogP contribution in [0.1, 0.15) is 50.2 Å². The van der Waals surface area contributed by atoms with Crippen LogP contribution in [-0.4, -0.2) is 15.2 Å². The summed E-state index contributed by atoms with van der Waals surface area (Å²) in [6, 6.07) is 0. The van der Waals surface area contributed by atoms with Gasteiger partial charge in [0.15, 0.2) is 5.82 Å². The van der Waals surface area contributed by atoms with E-state index in [1.54, 1.807) is 0 Å². The maximum atomic E-state index is 4.53. The summed E-state index contributed by atoms with van der Waals surface area (Å²) >= 11 is 0. The van der Waals surface area contributed by atoms with Crippen LogP contribution < -0.4 is 0 Å². The first-order chi connectivity index (χ1) is 6.25. The van der Waals surface area contributed by atoms with E-state index in [2.05, 4.69) is 22.1 Å². The summed E-state index contributed by atoms with van der Waals surface area (Å²) < 4.78 is 0. The topological polar surface area (TPSA) is 41.6 Å². The first-order valence-electron chi connectivity index (χ1n) is 5.16. The molecule has 0 aromatic carbocycles. The van der Waals surface area contributed by atoms with Gasteiger partial charge in [-0.15, -0.1) is 0 Å². The van der Waals surface area contributed by atoms with Crippen LogP contribution in [0.4, 0.5) is 0 Å². The van der Waals surface area contributed by atoms with Crippen LogP contribution in [0.3, 0.4) is 0 Å². The van der Waals surface area contributed by atoms with Crippen molar-refractivity contribution in [3.05, 3.63) is 11.6 Å². The van der Waals surface area contributed by atoms with Gasteiger partial charge in [-0.3, -0.25) is 5.10 Å². The molecule has 3 rings (SSSR count). The Balaban J connectivity index is 1.73. The van der Waals surface area contributed by atoms with Gasteiger partial charge >= 0.3 is 0 Å². The zero-order chi connectivity index (χ0) is 8.89. The van der Waals surface area contributed by atoms with Crippen LogP contribution in [-0.2, 0) is 6.42 Å². The van der Waals surface area contributed by atoms with E-state index in [0.29, 0.717) is 11.3 Å². The fraction of sp³-hybridized carbons (Fsp3) is 0.800. The third-order valence-corrected chi connectivity index (χ3v) is 3.19. The fourth-order valence-electron chi connectivity index (χ4n) is 1.71. The molecule has 2 aliphatic carbocycles. The average molecular weight is 177 g/mol. The van der Waals surface area contributed by atoms with Gasteiger partial charge in [-0.05, 0) is 31.1 Å². The third-order valence-electron chi connectivity index (χ3n) is 3.19. The maximum absolute atomic E-state index is 4.53. The number of aromatic amines is 1. The van der Waals surface area contributed by atoms with Crippen molar-refractivity contribution in [2.24, 2.45) is 5.41 Å². The van der Waals surface area contributed by atoms with Crippen molar-refractivity contribution in [3.63, 3.8) is 0 Å². The van der Waals surface area contributed by atoms with E-state index >= 15 is 0 Å². The molecule has 0 amide bonds. The Kier molecular flexibility index (Phi) is 1.35. The molecule has 2 fully saturated rings. The highest BCUT2D eigenvalue weighted by Crippen LogP contribution is 2.47. The highest BCUT2D eigenvalue weighted by atomic mass is 15.2. The Morgan fingerprint density at radius 1 is 1.46 bits per heavy atom. The highest BCUT2D eigenvalue weighted by molar-refractivity contribution is 5.07. The second-order valence-electron chi connectivity index (χ2n) is 4.90. The molecular weight excluding hydrogens is 162 g/mol. The Labute approximate surface area is 78.0 Å². The molecule has 1 heterocycles. The van der Waals surface area contributed by atoms with E-state index in [1.807, 2.05) is 0 Å². The minimum Gasteiger partial charge on any atom is -0.263 e. The van der Waals surface area contributed by atoms with E-state index in [0.717, 1.165) is 18.1 Å². The molecule has 0 radical (unpaired) electrons. The smallest absolute Gasteiger partial charge is 0.153 e. The van der Waals surface area contributed by atoms with Crippen LogP contribution >= 0.6 is 0 Å². The quantitative estimate of drug-likeness (QED) is 0.767. The van der Waals surface area contributed by atoms with Crippen molar-refractivity contribution >= 4 is 0 Å². The van der Waals surface area contributed by atoms with Crippen LogP contribution in [0.15, 0.2) is 0 Å². The Bertz CT molecular complexity index is 321. The molecule has 0 saturated heterocycles. The number of nitrogens with zero attached hydrogens (tertiary/aromatic N) is 2. The molecule has 13 heavy (non-hydrogen) atoms. The number of H-pyrrole nitrogens is 1. The molecule has 3 heteroatoms. The molecule has 0 spiro atoms. The second kappa shape index (κ2) is 2.34. The number of aromatic nitrogens is 3. The lowest BCUT2D eigenvalue weighted by molar-refractivity contribution is 0.551. The van der Waals surface area contributed by atoms with E-state index in [4.69, 9.17) is 0 Å². The van der Waals surface area contributed by atoms with Gasteiger partial charge in [-0.2, -0.15) is 5.10 Å². The van der Waals surface area contributed by atoms with Crippen molar-refractivity contribution in [1.82, 2.24) is 15.2 Å². The van der Waals surface area contributed by atoms with Gasteiger partial charge in [0.05, 0.1) is 0 Å². The standard InChI is InChI=1S/C10H15N3/c1-10(4-5-10)6-8-11-9(13-12-8)7-2-3-7/h7H,2-6H2,1H3,(H,11,12,13). The summed E-state index contributed by atoms with van der Waals surface area (Å²) in [5.74, 6) is 2.83. The molecule has 0 atom stereocenters. The average Bonchev–Trinajstić information content (AvgIpc) is 2.99. The van der Waals surface area contributed by atoms with Crippen molar-refractivity contribution in [1.29, 1.82) is 0 Å². The molecule has 70 valence electrons. The predicted molar refractivity (Wildman–Crippen MR) is 49.4 cm³/mol. The fourth-order valence-corrected chi connectivity index (χ4v) is 1.71. The van der Waals surface area contributed by atoms with E-state index in [-0.39, 0.29) is 0 Å². The second-order valence-corrected chi connectivity index (χ2v) is 4.90. The minimum atomic E-state index is 0.542. The summed E-state index contributed by atoms with van der Waals surface area (Å²) in [4.78, 5) is 4.53. The van der Waals surface area contributed by atoms with Crippen molar-refractivity contribution in [3.8, 4) is 0 Å². The first-order valence-corrected chi connectivity index (χ1v) is 5.16. The van der Waals surface area contributed by atoms with Gasteiger partial charge in [-0.25, -0.2) is 4.98 Å². The van der Waals surface area contributed by atoms with Crippen LogP contribution in [0.2, 0.25) is 0 Å². The Morgan fingerprint density at radius 3 is 2.85 bits per heavy atom. The zero-order valence-corrected chi connectivity index (χ0v) is 8.01. The highest BCUT2D eigenvalue weighted by Gasteiger charge is 2.38. The molecule has 2 saturated carbocycles. The summed E-state index contributed by atoms with van der Waals surface area (Å²) in [7, 11) is 0. The molecule has 3 nitrogen and oxygen atoms in total. The number of nitrogens with one attached hydrogen (secondary N) is 1. The normalized spacial score (nSPS) is 24.7. The Hall–Kier alpha value is -0.860. The van der Waals surface area contributed by atoms with Crippen LogP contribution in [0.25, 0.3) is 0 Å². The van der Waals surface area contributed by atoms with Crippen molar-refractivity contribution in [2.45, 2.75) is 44.9 Å². The first kappa shape index (κ1) is 7.54. The van der Waals surface area contributed by atoms with Crippen molar-refractivity contribution in [2.75, 3.05) is 0 Å². The number of hydrogen-bond acceptors (Lipinski definition) is 2. The molecular formula is C10H15N3. The molecule has 0 bridgehead atoms. The van der Waals surface area contributed by atoms with Crippen LogP contribution in [0.5, 0.6) is 0 Å². The van der Waals surface area contributed by atoms with Gasteiger partial charge in [0.2, 0.25) is 0 Å². The monoisotopic (exact) mass is 177 g/mol. The maximum Gasteiger partial charge on any atom is 0.153 e. The largest absolute Gasteiger partial charge is 0.263 e. The Morgan fingerprint density at radius 2 is 2.23 bits per heavy atom. The van der Waals surface area contributed by atoms with Crippen LogP contribution in [0, 0.1) is 5.41 Å².